The second-order valence-corrected chi connectivity index (χ2v) is 5.54. The molecule has 0 bridgehead atoms. The van der Waals surface area contributed by atoms with Crippen molar-refractivity contribution in [2.45, 2.75) is 83.5 Å². The van der Waals surface area contributed by atoms with Crippen LogP contribution in [-0.4, -0.2) is 22.2 Å². The first kappa shape index (κ1) is 19.7. The number of carboxylic acids is 2. The van der Waals surface area contributed by atoms with Crippen molar-refractivity contribution in [1.82, 2.24) is 0 Å². The molecule has 0 spiro atoms. The summed E-state index contributed by atoms with van der Waals surface area (Å²) in [7, 11) is 0. The Balaban J connectivity index is 3.07. The average Bonchev–Trinajstić information content (AvgIpc) is 2.42. The maximum absolute atomic E-state index is 10.3. The Kier molecular flexibility index (Phi) is 14.1. The van der Waals surface area contributed by atoms with Gasteiger partial charge in [-0.2, -0.15) is 0 Å². The van der Waals surface area contributed by atoms with Crippen LogP contribution < -0.4 is 0 Å². The van der Waals surface area contributed by atoms with Crippen molar-refractivity contribution in [2.24, 2.45) is 0 Å². The normalized spacial score (nSPS) is 11.0. The van der Waals surface area contributed by atoms with Crippen molar-refractivity contribution in [3.8, 4) is 0 Å². The van der Waals surface area contributed by atoms with E-state index in [1.165, 1.54) is 38.5 Å². The quantitative estimate of drug-likeness (QED) is 0.337. The van der Waals surface area contributed by atoms with E-state index >= 15 is 0 Å². The summed E-state index contributed by atoms with van der Waals surface area (Å²) in [5.74, 6) is -1.46. The maximum Gasteiger partial charge on any atom is 0.307 e. The zero-order valence-electron chi connectivity index (χ0n) is 13.1. The monoisotopic (exact) mass is 298 g/mol. The number of allylic oxidation sites excluding steroid dienone is 1. The number of carboxylic acid groups (broad SMARTS) is 2. The van der Waals surface area contributed by atoms with Crippen molar-refractivity contribution >= 4 is 11.9 Å². The first-order valence-electron chi connectivity index (χ1n) is 8.21. The first-order chi connectivity index (χ1) is 10.1. The van der Waals surface area contributed by atoms with Gasteiger partial charge in [0.15, 0.2) is 0 Å². The van der Waals surface area contributed by atoms with Crippen LogP contribution in [-0.2, 0) is 9.59 Å². The predicted molar refractivity (Wildman–Crippen MR) is 84.4 cm³/mol. The summed E-state index contributed by atoms with van der Waals surface area (Å²) in [6.45, 7) is 0. The standard InChI is InChI=1S/C17H30O4/c18-16(19)14-12-10-8-6-4-2-1-3-5-7-9-11-13-15-17(20)21/h10,12H,1-9,11,13-15H2,(H,18,19)(H,20,21)/b12-10-. The molecular formula is C17H30O4. The lowest BCUT2D eigenvalue weighted by Gasteiger charge is -2.01. The summed E-state index contributed by atoms with van der Waals surface area (Å²) in [4.78, 5) is 20.6. The summed E-state index contributed by atoms with van der Waals surface area (Å²) >= 11 is 0. The van der Waals surface area contributed by atoms with E-state index in [4.69, 9.17) is 10.2 Å². The summed E-state index contributed by atoms with van der Waals surface area (Å²) in [6.07, 6.45) is 16.8. The minimum Gasteiger partial charge on any atom is -0.481 e. The molecule has 0 aromatic heterocycles. The Labute approximate surface area is 128 Å². The lowest BCUT2D eigenvalue weighted by atomic mass is 10.1. The molecule has 0 radical (unpaired) electrons. The number of unbranched alkanes of at least 4 members (excludes halogenated alkanes) is 10. The van der Waals surface area contributed by atoms with Crippen LogP contribution in [0.5, 0.6) is 0 Å². The fourth-order valence-electron chi connectivity index (χ4n) is 2.25. The molecule has 0 aliphatic heterocycles. The number of rotatable bonds is 15. The van der Waals surface area contributed by atoms with E-state index < -0.39 is 11.9 Å². The molecule has 0 unspecified atom stereocenters. The van der Waals surface area contributed by atoms with Gasteiger partial charge in [0.05, 0.1) is 6.42 Å². The van der Waals surface area contributed by atoms with Gasteiger partial charge in [0.25, 0.3) is 0 Å². The number of carbonyl (C=O) groups is 2. The molecule has 0 aromatic rings. The van der Waals surface area contributed by atoms with E-state index in [1.807, 2.05) is 6.08 Å². The third-order valence-corrected chi connectivity index (χ3v) is 3.47. The van der Waals surface area contributed by atoms with Crippen molar-refractivity contribution in [1.29, 1.82) is 0 Å². The highest BCUT2D eigenvalue weighted by Gasteiger charge is 1.96. The van der Waals surface area contributed by atoms with Gasteiger partial charge in [0, 0.05) is 6.42 Å². The highest BCUT2D eigenvalue weighted by molar-refractivity contribution is 5.68. The minimum absolute atomic E-state index is 0.131. The van der Waals surface area contributed by atoms with Gasteiger partial charge in [0.1, 0.15) is 0 Å². The van der Waals surface area contributed by atoms with Gasteiger partial charge in [0.2, 0.25) is 0 Å². The molecule has 0 aromatic carbocycles. The number of hydrogen-bond acceptors (Lipinski definition) is 2. The van der Waals surface area contributed by atoms with Crippen molar-refractivity contribution in [3.05, 3.63) is 12.2 Å². The van der Waals surface area contributed by atoms with Crippen LogP contribution in [0.3, 0.4) is 0 Å². The smallest absolute Gasteiger partial charge is 0.307 e. The van der Waals surface area contributed by atoms with Crippen molar-refractivity contribution in [3.63, 3.8) is 0 Å². The fourth-order valence-corrected chi connectivity index (χ4v) is 2.25. The number of hydrogen-bond donors (Lipinski definition) is 2. The van der Waals surface area contributed by atoms with Crippen LogP contribution in [0.4, 0.5) is 0 Å². The largest absolute Gasteiger partial charge is 0.481 e. The highest BCUT2D eigenvalue weighted by Crippen LogP contribution is 2.12. The van der Waals surface area contributed by atoms with Crippen LogP contribution in [0.2, 0.25) is 0 Å². The van der Waals surface area contributed by atoms with Crippen molar-refractivity contribution in [2.75, 3.05) is 0 Å². The van der Waals surface area contributed by atoms with Crippen LogP contribution in [0.25, 0.3) is 0 Å². The third kappa shape index (κ3) is 18.7. The van der Waals surface area contributed by atoms with Gasteiger partial charge in [-0.1, -0.05) is 63.5 Å². The van der Waals surface area contributed by atoms with Gasteiger partial charge < -0.3 is 10.2 Å². The molecule has 0 saturated heterocycles. The molecule has 4 nitrogen and oxygen atoms in total. The zero-order chi connectivity index (χ0) is 15.8. The molecule has 0 saturated carbocycles. The van der Waals surface area contributed by atoms with E-state index in [9.17, 15) is 9.59 Å². The zero-order valence-corrected chi connectivity index (χ0v) is 13.1. The molecule has 0 aliphatic carbocycles. The third-order valence-electron chi connectivity index (χ3n) is 3.47. The molecule has 122 valence electrons. The Bertz CT molecular complexity index is 297. The van der Waals surface area contributed by atoms with E-state index in [2.05, 4.69) is 0 Å². The first-order valence-corrected chi connectivity index (χ1v) is 8.21. The average molecular weight is 298 g/mol. The highest BCUT2D eigenvalue weighted by atomic mass is 16.4. The van der Waals surface area contributed by atoms with Crippen LogP contribution in [0.1, 0.15) is 83.5 Å². The van der Waals surface area contributed by atoms with Crippen LogP contribution in [0, 0.1) is 0 Å². The summed E-state index contributed by atoms with van der Waals surface area (Å²) in [5, 5.41) is 17.0. The molecule has 0 aliphatic rings. The maximum atomic E-state index is 10.3. The molecule has 0 atom stereocenters. The lowest BCUT2D eigenvalue weighted by Crippen LogP contribution is -1.93. The number of aliphatic carboxylic acids is 2. The Morgan fingerprint density at radius 3 is 1.57 bits per heavy atom. The summed E-state index contributed by atoms with van der Waals surface area (Å²) in [6, 6.07) is 0. The van der Waals surface area contributed by atoms with E-state index in [1.54, 1.807) is 6.08 Å². The van der Waals surface area contributed by atoms with E-state index in [0.717, 1.165) is 32.1 Å². The van der Waals surface area contributed by atoms with Gasteiger partial charge >= 0.3 is 11.9 Å². The second kappa shape index (κ2) is 15.1. The molecule has 0 rings (SSSR count). The van der Waals surface area contributed by atoms with E-state index in [0.29, 0.717) is 6.42 Å². The summed E-state index contributed by atoms with van der Waals surface area (Å²) in [5.41, 5.74) is 0. The molecule has 0 amide bonds. The Hall–Kier alpha value is -1.32. The van der Waals surface area contributed by atoms with Crippen LogP contribution >= 0.6 is 0 Å². The summed E-state index contributed by atoms with van der Waals surface area (Å²) < 4.78 is 0. The van der Waals surface area contributed by atoms with Crippen LogP contribution in [0.15, 0.2) is 12.2 Å². The van der Waals surface area contributed by atoms with E-state index in [-0.39, 0.29) is 6.42 Å². The molecule has 2 N–H and O–H groups in total. The van der Waals surface area contributed by atoms with Gasteiger partial charge in [-0.05, 0) is 19.3 Å². The molecule has 21 heavy (non-hydrogen) atoms. The minimum atomic E-state index is -0.769. The SMILES string of the molecule is O=C(O)C/C=C\CCCCCCCCCCCCC(=O)O. The predicted octanol–water partition coefficient (Wildman–Crippen LogP) is 4.78. The molecule has 0 heterocycles. The second-order valence-electron chi connectivity index (χ2n) is 5.54. The Morgan fingerprint density at radius 1 is 0.619 bits per heavy atom. The fraction of sp³-hybridized carbons (Fsp3) is 0.765. The molecule has 4 heteroatoms. The Morgan fingerprint density at radius 2 is 1.10 bits per heavy atom. The van der Waals surface area contributed by atoms with Gasteiger partial charge in [-0.15, -0.1) is 0 Å². The lowest BCUT2D eigenvalue weighted by molar-refractivity contribution is -0.137. The van der Waals surface area contributed by atoms with Crippen molar-refractivity contribution < 1.29 is 19.8 Å². The molecule has 0 fully saturated rings. The molecular weight excluding hydrogens is 268 g/mol. The van der Waals surface area contributed by atoms with Gasteiger partial charge in [-0.25, -0.2) is 0 Å². The topological polar surface area (TPSA) is 74.6 Å². The van der Waals surface area contributed by atoms with Gasteiger partial charge in [-0.3, -0.25) is 9.59 Å².